The van der Waals surface area contributed by atoms with Crippen molar-refractivity contribution in [2.45, 2.75) is 51.0 Å². The van der Waals surface area contributed by atoms with E-state index in [0.29, 0.717) is 5.41 Å². The molecule has 0 aromatic carbocycles. The van der Waals surface area contributed by atoms with Crippen molar-refractivity contribution in [3.8, 4) is 0 Å². The smallest absolute Gasteiger partial charge is 0.0589 e. The summed E-state index contributed by atoms with van der Waals surface area (Å²) < 4.78 is 5.25. The third-order valence-electron chi connectivity index (χ3n) is 4.38. The van der Waals surface area contributed by atoms with Crippen LogP contribution in [0.25, 0.3) is 0 Å². The standard InChI is InChI=1S/C14H26BrNO/c1-17-10-9-16(13-5-6-13)12-14(11-15)7-3-2-4-8-14/h13H,2-12H2,1H3. The molecule has 0 unspecified atom stereocenters. The van der Waals surface area contributed by atoms with Gasteiger partial charge < -0.3 is 4.74 Å². The van der Waals surface area contributed by atoms with Gasteiger partial charge in [-0.25, -0.2) is 0 Å². The van der Waals surface area contributed by atoms with Crippen LogP contribution < -0.4 is 0 Å². The van der Waals surface area contributed by atoms with E-state index in [0.717, 1.165) is 19.2 Å². The number of rotatable bonds is 7. The molecule has 2 aliphatic rings. The molecule has 0 atom stereocenters. The summed E-state index contributed by atoms with van der Waals surface area (Å²) in [5, 5.41) is 1.18. The molecule has 0 amide bonds. The zero-order chi connectivity index (χ0) is 12.1. The van der Waals surface area contributed by atoms with Crippen LogP contribution in [-0.4, -0.2) is 43.1 Å². The maximum absolute atomic E-state index is 5.25. The fraction of sp³-hybridized carbons (Fsp3) is 1.00. The fourth-order valence-corrected chi connectivity index (χ4v) is 3.84. The Morgan fingerprint density at radius 3 is 2.47 bits per heavy atom. The van der Waals surface area contributed by atoms with E-state index >= 15 is 0 Å². The Labute approximate surface area is 114 Å². The lowest BCUT2D eigenvalue weighted by Gasteiger charge is -2.40. The predicted molar refractivity (Wildman–Crippen MR) is 75.8 cm³/mol. The van der Waals surface area contributed by atoms with E-state index in [2.05, 4.69) is 20.8 Å². The van der Waals surface area contributed by atoms with Crippen molar-refractivity contribution >= 4 is 15.9 Å². The van der Waals surface area contributed by atoms with Gasteiger partial charge in [0.05, 0.1) is 6.61 Å². The van der Waals surface area contributed by atoms with Crippen LogP contribution in [0.15, 0.2) is 0 Å². The molecule has 2 aliphatic carbocycles. The summed E-state index contributed by atoms with van der Waals surface area (Å²) in [5.41, 5.74) is 0.550. The van der Waals surface area contributed by atoms with Crippen LogP contribution in [0, 0.1) is 5.41 Å². The van der Waals surface area contributed by atoms with E-state index in [1.54, 1.807) is 0 Å². The average Bonchev–Trinajstić information content (AvgIpc) is 3.20. The maximum atomic E-state index is 5.25. The molecule has 2 nitrogen and oxygen atoms in total. The van der Waals surface area contributed by atoms with Gasteiger partial charge in [0.25, 0.3) is 0 Å². The predicted octanol–water partition coefficient (Wildman–Crippen LogP) is 3.44. The van der Waals surface area contributed by atoms with Gasteiger partial charge in [-0.15, -0.1) is 0 Å². The maximum Gasteiger partial charge on any atom is 0.0589 e. The normalized spacial score (nSPS) is 24.2. The first kappa shape index (κ1) is 13.8. The van der Waals surface area contributed by atoms with Crippen LogP contribution >= 0.6 is 15.9 Å². The van der Waals surface area contributed by atoms with E-state index in [9.17, 15) is 0 Å². The van der Waals surface area contributed by atoms with Gasteiger partial charge in [-0.2, -0.15) is 0 Å². The zero-order valence-electron chi connectivity index (χ0n) is 11.1. The summed E-state index contributed by atoms with van der Waals surface area (Å²) in [7, 11) is 1.81. The Morgan fingerprint density at radius 2 is 1.94 bits per heavy atom. The SMILES string of the molecule is COCCN(CC1(CBr)CCCCC1)C1CC1. The number of halogens is 1. The van der Waals surface area contributed by atoms with E-state index in [4.69, 9.17) is 4.74 Å². The Morgan fingerprint density at radius 1 is 1.24 bits per heavy atom. The topological polar surface area (TPSA) is 12.5 Å². The number of methoxy groups -OCH3 is 1. The molecule has 0 aliphatic heterocycles. The lowest BCUT2D eigenvalue weighted by molar-refractivity contribution is 0.0892. The second-order valence-corrected chi connectivity index (χ2v) is 6.45. The van der Waals surface area contributed by atoms with Crippen LogP contribution in [0.5, 0.6) is 0 Å². The molecule has 2 rings (SSSR count). The Bertz CT molecular complexity index is 224. The monoisotopic (exact) mass is 303 g/mol. The lowest BCUT2D eigenvalue weighted by Crippen LogP contribution is -2.42. The highest BCUT2D eigenvalue weighted by Gasteiger charge is 2.37. The molecule has 3 heteroatoms. The van der Waals surface area contributed by atoms with Crippen LogP contribution in [-0.2, 0) is 4.74 Å². The Kier molecular flexibility index (Phi) is 5.31. The lowest BCUT2D eigenvalue weighted by atomic mass is 9.75. The Balaban J connectivity index is 1.89. The summed E-state index contributed by atoms with van der Waals surface area (Å²) in [5.74, 6) is 0. The summed E-state index contributed by atoms with van der Waals surface area (Å²) in [4.78, 5) is 2.69. The van der Waals surface area contributed by atoms with Gasteiger partial charge in [-0.05, 0) is 31.1 Å². The van der Waals surface area contributed by atoms with Gasteiger partial charge in [-0.3, -0.25) is 4.90 Å². The van der Waals surface area contributed by atoms with Crippen molar-refractivity contribution < 1.29 is 4.74 Å². The zero-order valence-corrected chi connectivity index (χ0v) is 12.7. The van der Waals surface area contributed by atoms with Crippen molar-refractivity contribution in [2.24, 2.45) is 5.41 Å². The first-order valence-electron chi connectivity index (χ1n) is 7.09. The molecule has 0 heterocycles. The van der Waals surface area contributed by atoms with Crippen molar-refractivity contribution in [1.82, 2.24) is 4.90 Å². The molecule has 2 fully saturated rings. The van der Waals surface area contributed by atoms with Crippen LogP contribution in [0.4, 0.5) is 0 Å². The third-order valence-corrected chi connectivity index (χ3v) is 5.57. The summed E-state index contributed by atoms with van der Waals surface area (Å²) in [6.07, 6.45) is 9.92. The minimum Gasteiger partial charge on any atom is -0.383 e. The molecule has 0 radical (unpaired) electrons. The molecule has 0 bridgehead atoms. The third kappa shape index (κ3) is 3.93. The van der Waals surface area contributed by atoms with Gasteiger partial charge >= 0.3 is 0 Å². The van der Waals surface area contributed by atoms with E-state index in [1.165, 1.54) is 56.8 Å². The van der Waals surface area contributed by atoms with Crippen molar-refractivity contribution in [3.63, 3.8) is 0 Å². The summed E-state index contributed by atoms with van der Waals surface area (Å²) >= 11 is 3.78. The van der Waals surface area contributed by atoms with E-state index in [-0.39, 0.29) is 0 Å². The van der Waals surface area contributed by atoms with E-state index in [1.807, 2.05) is 7.11 Å². The highest BCUT2D eigenvalue weighted by Crippen LogP contribution is 2.40. The molecule has 0 N–H and O–H groups in total. The number of hydrogen-bond acceptors (Lipinski definition) is 2. The molecule has 0 saturated heterocycles. The molecule has 17 heavy (non-hydrogen) atoms. The van der Waals surface area contributed by atoms with Gasteiger partial charge in [0.1, 0.15) is 0 Å². The van der Waals surface area contributed by atoms with Crippen molar-refractivity contribution in [3.05, 3.63) is 0 Å². The first-order valence-corrected chi connectivity index (χ1v) is 8.21. The molecule has 0 aromatic rings. The quantitative estimate of drug-likeness (QED) is 0.668. The van der Waals surface area contributed by atoms with Gasteiger partial charge in [0.15, 0.2) is 0 Å². The van der Waals surface area contributed by atoms with Crippen LogP contribution in [0.3, 0.4) is 0 Å². The summed E-state index contributed by atoms with van der Waals surface area (Å²) in [6, 6.07) is 0.864. The highest BCUT2D eigenvalue weighted by molar-refractivity contribution is 9.09. The molecule has 2 saturated carbocycles. The number of alkyl halides is 1. The first-order chi connectivity index (χ1) is 8.29. The minimum absolute atomic E-state index is 0.550. The van der Waals surface area contributed by atoms with E-state index < -0.39 is 0 Å². The number of nitrogens with zero attached hydrogens (tertiary/aromatic N) is 1. The minimum atomic E-state index is 0.550. The molecule has 0 aromatic heterocycles. The molecule has 100 valence electrons. The fourth-order valence-electron chi connectivity index (χ4n) is 3.11. The largest absolute Gasteiger partial charge is 0.383 e. The summed E-state index contributed by atoms with van der Waals surface area (Å²) in [6.45, 7) is 3.29. The molecular formula is C14H26BrNO. The second kappa shape index (κ2) is 6.53. The van der Waals surface area contributed by atoms with Crippen LogP contribution in [0.1, 0.15) is 44.9 Å². The second-order valence-electron chi connectivity index (χ2n) is 5.89. The van der Waals surface area contributed by atoms with Crippen molar-refractivity contribution in [1.29, 1.82) is 0 Å². The molecular weight excluding hydrogens is 278 g/mol. The van der Waals surface area contributed by atoms with Crippen LogP contribution in [0.2, 0.25) is 0 Å². The highest BCUT2D eigenvalue weighted by atomic mass is 79.9. The molecule has 0 spiro atoms. The van der Waals surface area contributed by atoms with Gasteiger partial charge in [0.2, 0.25) is 0 Å². The van der Waals surface area contributed by atoms with Crippen molar-refractivity contribution in [2.75, 3.05) is 32.1 Å². The van der Waals surface area contributed by atoms with Gasteiger partial charge in [-0.1, -0.05) is 35.2 Å². The average molecular weight is 304 g/mol. The Hall–Kier alpha value is 0.400. The van der Waals surface area contributed by atoms with Gasteiger partial charge in [0, 0.05) is 31.6 Å². The number of hydrogen-bond donors (Lipinski definition) is 0. The number of ether oxygens (including phenoxy) is 1.